The van der Waals surface area contributed by atoms with Crippen molar-refractivity contribution in [3.8, 4) is 23.3 Å². The Hall–Kier alpha value is -3.08. The number of hydrogen-bond donors (Lipinski definition) is 2. The summed E-state index contributed by atoms with van der Waals surface area (Å²) in [6, 6.07) is 5.94. The Bertz CT molecular complexity index is 1140. The predicted octanol–water partition coefficient (Wildman–Crippen LogP) is 3.44. The molecule has 6 nitrogen and oxygen atoms in total. The molecule has 2 aliphatic heterocycles. The van der Waals surface area contributed by atoms with E-state index in [1.807, 2.05) is 25.1 Å². The van der Waals surface area contributed by atoms with Gasteiger partial charge in [-0.25, -0.2) is 4.98 Å². The van der Waals surface area contributed by atoms with Gasteiger partial charge in [-0.3, -0.25) is 4.79 Å². The monoisotopic (exact) mass is 433 g/mol. The number of aromatic nitrogens is 1. The highest BCUT2D eigenvalue weighted by atomic mass is 32.1. The average Bonchev–Trinajstić information content (AvgIpc) is 3.24. The number of nitrogens with zero attached hydrogens (tertiary/aromatic N) is 1. The fourth-order valence-electron chi connectivity index (χ4n) is 4.03. The molecule has 5 rings (SSSR count). The first kappa shape index (κ1) is 19.9. The first-order chi connectivity index (χ1) is 15.2. The molecule has 0 saturated carbocycles. The Labute approximate surface area is 185 Å². The van der Waals surface area contributed by atoms with Crippen LogP contribution in [0.2, 0.25) is 0 Å². The van der Waals surface area contributed by atoms with Gasteiger partial charge in [0.15, 0.2) is 16.5 Å². The Balaban J connectivity index is 1.45. The summed E-state index contributed by atoms with van der Waals surface area (Å²) < 4.78 is 11.4. The summed E-state index contributed by atoms with van der Waals surface area (Å²) in [6.45, 7) is 4.61. The molecule has 2 N–H and O–H groups in total. The van der Waals surface area contributed by atoms with Gasteiger partial charge in [0.05, 0.1) is 11.3 Å². The zero-order valence-corrected chi connectivity index (χ0v) is 18.2. The van der Waals surface area contributed by atoms with Crippen LogP contribution in [-0.4, -0.2) is 30.6 Å². The van der Waals surface area contributed by atoms with Crippen LogP contribution in [0.4, 0.5) is 0 Å². The maximum absolute atomic E-state index is 13.0. The van der Waals surface area contributed by atoms with Crippen molar-refractivity contribution in [2.75, 3.05) is 19.8 Å². The standard InChI is InChI=1S/C24H23N3O3S/c1-2-4-17-16(15-7-8-20-21(13-15)30-12-11-29-20)5-3-6-18(17)26-23(28)24-27-19-9-10-25-14-22(19)31-24/h5,7-8,13,25H,3,6,9-12,14H2,1H3,(H,26,28). The summed E-state index contributed by atoms with van der Waals surface area (Å²) >= 11 is 1.47. The van der Waals surface area contributed by atoms with Gasteiger partial charge >= 0.3 is 0 Å². The lowest BCUT2D eigenvalue weighted by molar-refractivity contribution is 0.0963. The molecule has 2 aromatic rings. The summed E-state index contributed by atoms with van der Waals surface area (Å²) in [7, 11) is 0. The molecular formula is C24H23N3O3S. The van der Waals surface area contributed by atoms with E-state index in [2.05, 4.69) is 33.5 Å². The lowest BCUT2D eigenvalue weighted by Gasteiger charge is -2.22. The number of amides is 1. The molecule has 158 valence electrons. The van der Waals surface area contributed by atoms with E-state index in [0.29, 0.717) is 18.2 Å². The van der Waals surface area contributed by atoms with Crippen molar-refractivity contribution in [1.82, 2.24) is 15.6 Å². The van der Waals surface area contributed by atoms with E-state index in [9.17, 15) is 4.79 Å². The second-order valence-electron chi connectivity index (χ2n) is 7.51. The van der Waals surface area contributed by atoms with Gasteiger partial charge in [0.2, 0.25) is 0 Å². The van der Waals surface area contributed by atoms with Crippen LogP contribution in [0.25, 0.3) is 5.57 Å². The van der Waals surface area contributed by atoms with Crippen LogP contribution >= 0.6 is 11.3 Å². The smallest absolute Gasteiger partial charge is 0.284 e. The van der Waals surface area contributed by atoms with E-state index in [-0.39, 0.29) is 5.91 Å². The van der Waals surface area contributed by atoms with Gasteiger partial charge < -0.3 is 20.1 Å². The maximum Gasteiger partial charge on any atom is 0.284 e. The van der Waals surface area contributed by atoms with Crippen LogP contribution in [0, 0.1) is 11.8 Å². The fourth-order valence-corrected chi connectivity index (χ4v) is 5.00. The highest BCUT2D eigenvalue weighted by Crippen LogP contribution is 2.37. The van der Waals surface area contributed by atoms with Crippen molar-refractivity contribution in [3.63, 3.8) is 0 Å². The van der Waals surface area contributed by atoms with Crippen LogP contribution in [0.5, 0.6) is 11.5 Å². The molecule has 1 aromatic carbocycles. The van der Waals surface area contributed by atoms with E-state index in [4.69, 9.17) is 9.47 Å². The highest BCUT2D eigenvalue weighted by Gasteiger charge is 2.23. The van der Waals surface area contributed by atoms with Crippen molar-refractivity contribution in [3.05, 3.63) is 56.7 Å². The summed E-state index contributed by atoms with van der Waals surface area (Å²) in [5.41, 5.74) is 4.75. The fraction of sp³-hybridized carbons (Fsp3) is 0.333. The molecule has 1 amide bonds. The summed E-state index contributed by atoms with van der Waals surface area (Å²) in [4.78, 5) is 18.7. The molecule has 3 aliphatic rings. The van der Waals surface area contributed by atoms with E-state index < -0.39 is 0 Å². The van der Waals surface area contributed by atoms with Crippen molar-refractivity contribution in [1.29, 1.82) is 0 Å². The van der Waals surface area contributed by atoms with E-state index in [1.54, 1.807) is 0 Å². The molecular weight excluding hydrogens is 410 g/mol. The Morgan fingerprint density at radius 3 is 2.94 bits per heavy atom. The number of fused-ring (bicyclic) bond motifs is 2. The van der Waals surface area contributed by atoms with Gasteiger partial charge in [-0.1, -0.05) is 18.1 Å². The van der Waals surface area contributed by atoms with Crippen LogP contribution < -0.4 is 20.1 Å². The third-order valence-corrected chi connectivity index (χ3v) is 6.57. The van der Waals surface area contributed by atoms with Gasteiger partial charge in [-0.05, 0) is 43.0 Å². The van der Waals surface area contributed by atoms with E-state index >= 15 is 0 Å². The molecule has 0 radical (unpaired) electrons. The molecule has 0 fully saturated rings. The maximum atomic E-state index is 13.0. The van der Waals surface area contributed by atoms with Crippen molar-refractivity contribution >= 4 is 22.8 Å². The first-order valence-electron chi connectivity index (χ1n) is 10.5. The number of thiazole rings is 1. The Morgan fingerprint density at radius 1 is 1.23 bits per heavy atom. The summed E-state index contributed by atoms with van der Waals surface area (Å²) in [5, 5.41) is 6.95. The first-order valence-corrected chi connectivity index (χ1v) is 11.3. The molecule has 1 aromatic heterocycles. The SMILES string of the molecule is CC#CC1=C(NC(=O)c2nc3c(s2)CNCC3)CCC=C1c1ccc2c(c1)OCCO2. The number of carbonyl (C=O) groups is 1. The van der Waals surface area contributed by atoms with E-state index in [1.165, 1.54) is 11.3 Å². The third kappa shape index (κ3) is 3.97. The number of hydrogen-bond acceptors (Lipinski definition) is 6. The normalized spacial score (nSPS) is 17.3. The number of carbonyl (C=O) groups excluding carboxylic acids is 1. The zero-order valence-electron chi connectivity index (χ0n) is 17.3. The summed E-state index contributed by atoms with van der Waals surface area (Å²) in [5.74, 6) is 7.56. The van der Waals surface area contributed by atoms with Crippen molar-refractivity contribution < 1.29 is 14.3 Å². The minimum atomic E-state index is -0.159. The topological polar surface area (TPSA) is 72.5 Å². The number of ether oxygens (including phenoxy) is 2. The molecule has 3 heterocycles. The number of rotatable bonds is 3. The van der Waals surface area contributed by atoms with Crippen LogP contribution in [0.1, 0.15) is 45.7 Å². The second kappa shape index (κ2) is 8.58. The molecule has 31 heavy (non-hydrogen) atoms. The molecule has 0 saturated heterocycles. The Morgan fingerprint density at radius 2 is 2.10 bits per heavy atom. The number of allylic oxidation sites excluding steroid dienone is 4. The van der Waals surface area contributed by atoms with Crippen molar-refractivity contribution in [2.24, 2.45) is 0 Å². The minimum absolute atomic E-state index is 0.159. The molecule has 1 aliphatic carbocycles. The van der Waals surface area contributed by atoms with Crippen LogP contribution in [0.15, 0.2) is 35.5 Å². The lowest BCUT2D eigenvalue weighted by Crippen LogP contribution is -2.25. The summed E-state index contributed by atoms with van der Waals surface area (Å²) in [6.07, 6.45) is 4.60. The Kier molecular flexibility index (Phi) is 5.49. The molecule has 0 atom stereocenters. The second-order valence-corrected chi connectivity index (χ2v) is 8.60. The molecule has 0 bridgehead atoms. The molecule has 0 spiro atoms. The number of nitrogens with one attached hydrogen (secondary N) is 2. The van der Waals surface area contributed by atoms with Gasteiger partial charge in [-0.2, -0.15) is 0 Å². The predicted molar refractivity (Wildman–Crippen MR) is 120 cm³/mol. The van der Waals surface area contributed by atoms with Gasteiger partial charge in [0.1, 0.15) is 13.2 Å². The largest absolute Gasteiger partial charge is 0.486 e. The highest BCUT2D eigenvalue weighted by molar-refractivity contribution is 7.13. The zero-order chi connectivity index (χ0) is 21.2. The van der Waals surface area contributed by atoms with Crippen LogP contribution in [0.3, 0.4) is 0 Å². The lowest BCUT2D eigenvalue weighted by atomic mass is 9.89. The van der Waals surface area contributed by atoms with Gasteiger partial charge in [0, 0.05) is 30.1 Å². The quantitative estimate of drug-likeness (QED) is 0.726. The molecule has 0 unspecified atom stereocenters. The van der Waals surface area contributed by atoms with Gasteiger partial charge in [-0.15, -0.1) is 17.3 Å². The van der Waals surface area contributed by atoms with Gasteiger partial charge in [0.25, 0.3) is 5.91 Å². The van der Waals surface area contributed by atoms with Crippen molar-refractivity contribution in [2.45, 2.75) is 32.7 Å². The van der Waals surface area contributed by atoms with E-state index in [0.717, 1.165) is 76.8 Å². The van der Waals surface area contributed by atoms with Crippen LogP contribution in [-0.2, 0) is 13.0 Å². The third-order valence-electron chi connectivity index (χ3n) is 5.48. The average molecular weight is 434 g/mol. The molecule has 7 heteroatoms. The minimum Gasteiger partial charge on any atom is -0.486 e. The number of benzene rings is 1.